The lowest BCUT2D eigenvalue weighted by atomic mass is 9.87. The van der Waals surface area contributed by atoms with Crippen LogP contribution in [0.1, 0.15) is 38.5 Å². The second kappa shape index (κ2) is 6.22. The molecule has 2 heterocycles. The zero-order chi connectivity index (χ0) is 13.9. The molecule has 0 aromatic rings. The van der Waals surface area contributed by atoms with Crippen LogP contribution in [0.15, 0.2) is 0 Å². The largest absolute Gasteiger partial charge is 0.481 e. The summed E-state index contributed by atoms with van der Waals surface area (Å²) in [5.74, 6) is -1.38. The van der Waals surface area contributed by atoms with Gasteiger partial charge in [0.15, 0.2) is 9.84 Å². The van der Waals surface area contributed by atoms with Crippen LogP contribution >= 0.6 is 0 Å². The number of sulfone groups is 1. The zero-order valence-corrected chi connectivity index (χ0v) is 11.9. The maximum atomic E-state index is 11.4. The molecule has 5 nitrogen and oxygen atoms in total. The van der Waals surface area contributed by atoms with E-state index < -0.39 is 21.7 Å². The third kappa shape index (κ3) is 4.18. The molecule has 2 fully saturated rings. The van der Waals surface area contributed by atoms with E-state index >= 15 is 0 Å². The van der Waals surface area contributed by atoms with Gasteiger partial charge < -0.3 is 9.84 Å². The van der Waals surface area contributed by atoms with E-state index in [1.54, 1.807) is 0 Å². The van der Waals surface area contributed by atoms with Crippen LogP contribution in [0.25, 0.3) is 0 Å². The van der Waals surface area contributed by atoms with Gasteiger partial charge in [0, 0.05) is 6.61 Å². The molecule has 2 rings (SSSR count). The molecule has 110 valence electrons. The van der Waals surface area contributed by atoms with Gasteiger partial charge in [0.05, 0.1) is 23.5 Å². The van der Waals surface area contributed by atoms with E-state index in [0.29, 0.717) is 12.8 Å². The summed E-state index contributed by atoms with van der Waals surface area (Å²) in [5, 5.41) is 9.27. The Balaban J connectivity index is 1.81. The average Bonchev–Trinajstić information content (AvgIpc) is 2.93. The topological polar surface area (TPSA) is 80.7 Å². The maximum Gasteiger partial charge on any atom is 0.306 e. The Kier molecular flexibility index (Phi) is 4.84. The van der Waals surface area contributed by atoms with Crippen LogP contribution < -0.4 is 0 Å². The molecule has 0 bridgehead atoms. The number of carboxylic acid groups (broad SMARTS) is 1. The Bertz CT molecular complexity index is 411. The fraction of sp³-hybridized carbons (Fsp3) is 0.923. The normalized spacial score (nSPS) is 31.4. The maximum absolute atomic E-state index is 11.4. The smallest absolute Gasteiger partial charge is 0.306 e. The van der Waals surface area contributed by atoms with Gasteiger partial charge in [0.25, 0.3) is 0 Å². The monoisotopic (exact) mass is 290 g/mol. The SMILES string of the molecule is O=C(O)C(CCCC1CCCO1)C1CCS(=O)(=O)C1. The molecular formula is C13H22O5S. The summed E-state index contributed by atoms with van der Waals surface area (Å²) >= 11 is 0. The molecular weight excluding hydrogens is 268 g/mol. The molecule has 0 aromatic heterocycles. The van der Waals surface area contributed by atoms with Gasteiger partial charge in [0.2, 0.25) is 0 Å². The first kappa shape index (κ1) is 14.8. The first-order valence-corrected chi connectivity index (χ1v) is 8.85. The highest BCUT2D eigenvalue weighted by Crippen LogP contribution is 2.30. The lowest BCUT2D eigenvalue weighted by molar-refractivity contribution is -0.143. The minimum Gasteiger partial charge on any atom is -0.481 e. The van der Waals surface area contributed by atoms with Gasteiger partial charge in [0.1, 0.15) is 0 Å². The van der Waals surface area contributed by atoms with Crippen LogP contribution in [-0.2, 0) is 19.4 Å². The number of carboxylic acids is 1. The van der Waals surface area contributed by atoms with Crippen molar-refractivity contribution < 1.29 is 23.1 Å². The number of ether oxygens (including phenoxy) is 1. The van der Waals surface area contributed by atoms with Crippen molar-refractivity contribution in [1.29, 1.82) is 0 Å². The summed E-state index contributed by atoms with van der Waals surface area (Å²) in [4.78, 5) is 11.3. The first-order valence-electron chi connectivity index (χ1n) is 7.03. The third-order valence-electron chi connectivity index (χ3n) is 4.22. The van der Waals surface area contributed by atoms with Crippen molar-refractivity contribution in [3.63, 3.8) is 0 Å². The number of rotatable bonds is 6. The minimum absolute atomic E-state index is 0.0455. The van der Waals surface area contributed by atoms with Crippen molar-refractivity contribution in [2.24, 2.45) is 11.8 Å². The van der Waals surface area contributed by atoms with Crippen molar-refractivity contribution >= 4 is 15.8 Å². The van der Waals surface area contributed by atoms with Crippen LogP contribution in [0.3, 0.4) is 0 Å². The number of aliphatic carboxylic acids is 1. The van der Waals surface area contributed by atoms with E-state index in [4.69, 9.17) is 4.74 Å². The molecule has 2 aliphatic heterocycles. The molecule has 19 heavy (non-hydrogen) atoms. The Morgan fingerprint density at radius 2 is 2.16 bits per heavy atom. The average molecular weight is 290 g/mol. The summed E-state index contributed by atoms with van der Waals surface area (Å²) in [6, 6.07) is 0. The van der Waals surface area contributed by atoms with Gasteiger partial charge in [-0.3, -0.25) is 4.79 Å². The van der Waals surface area contributed by atoms with Crippen molar-refractivity contribution in [1.82, 2.24) is 0 Å². The van der Waals surface area contributed by atoms with Crippen LogP contribution in [0.4, 0.5) is 0 Å². The van der Waals surface area contributed by atoms with Gasteiger partial charge in [-0.25, -0.2) is 8.42 Å². The quantitative estimate of drug-likeness (QED) is 0.801. The third-order valence-corrected chi connectivity index (χ3v) is 6.01. The van der Waals surface area contributed by atoms with Crippen LogP contribution in [0, 0.1) is 11.8 Å². The van der Waals surface area contributed by atoms with E-state index in [9.17, 15) is 18.3 Å². The van der Waals surface area contributed by atoms with Crippen molar-refractivity contribution in [3.05, 3.63) is 0 Å². The molecule has 1 N–H and O–H groups in total. The Labute approximate surface area is 114 Å². The van der Waals surface area contributed by atoms with Gasteiger partial charge in [-0.1, -0.05) is 6.42 Å². The van der Waals surface area contributed by atoms with Gasteiger partial charge >= 0.3 is 5.97 Å². The molecule has 0 amide bonds. The van der Waals surface area contributed by atoms with Crippen molar-refractivity contribution in [3.8, 4) is 0 Å². The standard InChI is InChI=1S/C13H22O5S/c14-13(15)12(10-6-8-19(16,17)9-10)5-1-3-11-4-2-7-18-11/h10-12H,1-9H2,(H,14,15). The highest BCUT2D eigenvalue weighted by atomic mass is 32.2. The summed E-state index contributed by atoms with van der Waals surface area (Å²) in [7, 11) is -3.00. The predicted molar refractivity (Wildman–Crippen MR) is 70.7 cm³/mol. The lowest BCUT2D eigenvalue weighted by Crippen LogP contribution is -2.25. The Hall–Kier alpha value is -0.620. The molecule has 6 heteroatoms. The highest BCUT2D eigenvalue weighted by Gasteiger charge is 2.37. The second-order valence-corrected chi connectivity index (χ2v) is 7.90. The van der Waals surface area contributed by atoms with E-state index in [2.05, 4.69) is 0 Å². The Morgan fingerprint density at radius 1 is 1.37 bits per heavy atom. The molecule has 0 aromatic carbocycles. The highest BCUT2D eigenvalue weighted by molar-refractivity contribution is 7.91. The molecule has 0 aliphatic carbocycles. The Morgan fingerprint density at radius 3 is 2.68 bits per heavy atom. The molecule has 2 saturated heterocycles. The minimum atomic E-state index is -3.00. The second-order valence-electron chi connectivity index (χ2n) is 5.67. The van der Waals surface area contributed by atoms with Crippen LogP contribution in [0.2, 0.25) is 0 Å². The van der Waals surface area contributed by atoms with E-state index in [-0.39, 0.29) is 23.5 Å². The molecule has 0 saturated carbocycles. The molecule has 0 spiro atoms. The van der Waals surface area contributed by atoms with Gasteiger partial charge in [-0.15, -0.1) is 0 Å². The van der Waals surface area contributed by atoms with Crippen molar-refractivity contribution in [2.75, 3.05) is 18.1 Å². The summed E-state index contributed by atoms with van der Waals surface area (Å²) in [6.07, 6.45) is 5.20. The van der Waals surface area contributed by atoms with E-state index in [1.807, 2.05) is 0 Å². The van der Waals surface area contributed by atoms with Crippen LogP contribution in [0.5, 0.6) is 0 Å². The molecule has 2 aliphatic rings. The molecule has 3 unspecified atom stereocenters. The summed E-state index contributed by atoms with van der Waals surface area (Å²) in [6.45, 7) is 0.813. The van der Waals surface area contributed by atoms with Gasteiger partial charge in [-0.2, -0.15) is 0 Å². The summed E-state index contributed by atoms with van der Waals surface area (Å²) in [5.41, 5.74) is 0. The van der Waals surface area contributed by atoms with Crippen molar-refractivity contribution in [2.45, 2.75) is 44.6 Å². The van der Waals surface area contributed by atoms with Gasteiger partial charge in [-0.05, 0) is 38.0 Å². The lowest BCUT2D eigenvalue weighted by Gasteiger charge is -2.18. The van der Waals surface area contributed by atoms with E-state index in [1.165, 1.54) is 0 Å². The van der Waals surface area contributed by atoms with Crippen LogP contribution in [-0.4, -0.2) is 43.7 Å². The zero-order valence-electron chi connectivity index (χ0n) is 11.1. The fourth-order valence-electron chi connectivity index (χ4n) is 3.14. The molecule has 0 radical (unpaired) electrons. The number of hydrogen-bond acceptors (Lipinski definition) is 4. The number of carbonyl (C=O) groups is 1. The molecule has 3 atom stereocenters. The fourth-order valence-corrected chi connectivity index (χ4v) is 5.02. The predicted octanol–water partition coefficient (Wildman–Crippen LogP) is 1.47. The number of hydrogen-bond donors (Lipinski definition) is 1. The van der Waals surface area contributed by atoms with E-state index in [0.717, 1.165) is 32.3 Å². The summed E-state index contributed by atoms with van der Waals surface area (Å²) < 4.78 is 28.4. The first-order chi connectivity index (χ1) is 8.98.